The third kappa shape index (κ3) is 3.80. The molecule has 0 bridgehead atoms. The molecule has 0 aliphatic heterocycles. The lowest BCUT2D eigenvalue weighted by atomic mass is 10.0. The Morgan fingerprint density at radius 3 is 2.09 bits per heavy atom. The van der Waals surface area contributed by atoms with Gasteiger partial charge in [0.15, 0.2) is 5.78 Å². The molecule has 0 radical (unpaired) electrons. The van der Waals surface area contributed by atoms with E-state index in [4.69, 9.17) is 0 Å². The van der Waals surface area contributed by atoms with Crippen molar-refractivity contribution in [3.05, 3.63) is 71.8 Å². The van der Waals surface area contributed by atoms with Gasteiger partial charge in [-0.15, -0.1) is 11.8 Å². The van der Waals surface area contributed by atoms with E-state index in [0.29, 0.717) is 5.25 Å². The van der Waals surface area contributed by atoms with Crippen LogP contribution in [0.25, 0.3) is 0 Å². The summed E-state index contributed by atoms with van der Waals surface area (Å²) in [6.45, 7) is 0. The summed E-state index contributed by atoms with van der Waals surface area (Å²) in [5.41, 5.74) is 1.95. The van der Waals surface area contributed by atoms with Crippen LogP contribution < -0.4 is 0 Å². The first-order chi connectivity index (χ1) is 10.8. The summed E-state index contributed by atoms with van der Waals surface area (Å²) in [4.78, 5) is 13.0. The van der Waals surface area contributed by atoms with Gasteiger partial charge in [-0.05, 0) is 18.4 Å². The van der Waals surface area contributed by atoms with Gasteiger partial charge in [0.25, 0.3) is 0 Å². The maximum Gasteiger partial charge on any atom is 0.180 e. The molecule has 3 rings (SSSR count). The first-order valence-corrected chi connectivity index (χ1v) is 9.08. The van der Waals surface area contributed by atoms with E-state index in [-0.39, 0.29) is 11.0 Å². The topological polar surface area (TPSA) is 17.1 Å². The maximum atomic E-state index is 13.0. The summed E-state index contributed by atoms with van der Waals surface area (Å²) in [6, 6.07) is 20.0. The van der Waals surface area contributed by atoms with Crippen LogP contribution in [0.2, 0.25) is 0 Å². The molecule has 1 aliphatic rings. The third-order valence-electron chi connectivity index (χ3n) is 4.28. The Labute approximate surface area is 137 Å². The van der Waals surface area contributed by atoms with Crippen LogP contribution in [0.1, 0.15) is 53.3 Å². The number of benzene rings is 2. The zero-order chi connectivity index (χ0) is 15.2. The van der Waals surface area contributed by atoms with Crippen molar-refractivity contribution in [2.45, 2.75) is 42.6 Å². The summed E-state index contributed by atoms with van der Waals surface area (Å²) >= 11 is 1.87. The van der Waals surface area contributed by atoms with Crippen LogP contribution in [0.4, 0.5) is 0 Å². The van der Waals surface area contributed by atoms with Crippen LogP contribution in [-0.2, 0) is 0 Å². The molecule has 0 amide bonds. The number of thioether (sulfide) groups is 1. The normalized spacial score (nSPS) is 17.1. The molecule has 1 saturated carbocycles. The highest BCUT2D eigenvalue weighted by Gasteiger charge is 2.27. The molecular weight excluding hydrogens is 288 g/mol. The monoisotopic (exact) mass is 310 g/mol. The smallest absolute Gasteiger partial charge is 0.180 e. The Bertz CT molecular complexity index is 588. The number of ketones is 1. The van der Waals surface area contributed by atoms with E-state index < -0.39 is 0 Å². The van der Waals surface area contributed by atoms with E-state index in [0.717, 1.165) is 11.1 Å². The average molecular weight is 310 g/mol. The van der Waals surface area contributed by atoms with Crippen LogP contribution >= 0.6 is 11.8 Å². The van der Waals surface area contributed by atoms with Gasteiger partial charge in [-0.1, -0.05) is 79.9 Å². The fourth-order valence-corrected chi connectivity index (χ4v) is 4.63. The van der Waals surface area contributed by atoms with E-state index in [1.165, 1.54) is 32.1 Å². The van der Waals surface area contributed by atoms with Crippen molar-refractivity contribution in [1.29, 1.82) is 0 Å². The minimum absolute atomic E-state index is 0.0771. The predicted molar refractivity (Wildman–Crippen MR) is 94.4 cm³/mol. The van der Waals surface area contributed by atoms with Gasteiger partial charge in [0.05, 0.1) is 5.25 Å². The number of hydrogen-bond donors (Lipinski definition) is 0. The van der Waals surface area contributed by atoms with Crippen LogP contribution in [-0.4, -0.2) is 11.0 Å². The van der Waals surface area contributed by atoms with Crippen molar-refractivity contribution in [3.8, 4) is 0 Å². The summed E-state index contributed by atoms with van der Waals surface area (Å²) in [6.07, 6.45) is 6.45. The molecular formula is C20H22OS. The molecule has 0 unspecified atom stereocenters. The van der Waals surface area contributed by atoms with Crippen molar-refractivity contribution in [1.82, 2.24) is 0 Å². The summed E-state index contributed by atoms with van der Waals surface area (Å²) in [7, 11) is 0. The van der Waals surface area contributed by atoms with Gasteiger partial charge in [-0.3, -0.25) is 4.79 Å². The van der Waals surface area contributed by atoms with E-state index in [2.05, 4.69) is 12.1 Å². The van der Waals surface area contributed by atoms with Gasteiger partial charge < -0.3 is 0 Å². The van der Waals surface area contributed by atoms with Gasteiger partial charge >= 0.3 is 0 Å². The minimum Gasteiger partial charge on any atom is -0.293 e. The second kappa shape index (κ2) is 7.64. The summed E-state index contributed by atoms with van der Waals surface area (Å²) in [5, 5.41) is 0.540. The lowest BCUT2D eigenvalue weighted by molar-refractivity contribution is 0.0989. The van der Waals surface area contributed by atoms with Gasteiger partial charge in [0, 0.05) is 10.8 Å². The molecule has 0 saturated heterocycles. The number of carbonyl (C=O) groups is 1. The number of hydrogen-bond acceptors (Lipinski definition) is 2. The molecule has 1 atom stereocenters. The fourth-order valence-electron chi connectivity index (χ4n) is 3.07. The van der Waals surface area contributed by atoms with Crippen molar-refractivity contribution in [2.75, 3.05) is 0 Å². The van der Waals surface area contributed by atoms with Crippen molar-refractivity contribution in [3.63, 3.8) is 0 Å². The molecule has 2 heteroatoms. The Morgan fingerprint density at radius 2 is 1.45 bits per heavy atom. The largest absolute Gasteiger partial charge is 0.293 e. The second-order valence-corrected chi connectivity index (χ2v) is 7.33. The maximum absolute atomic E-state index is 13.0. The fraction of sp³-hybridized carbons (Fsp3) is 0.350. The van der Waals surface area contributed by atoms with Crippen LogP contribution in [0.3, 0.4) is 0 Å². The second-order valence-electron chi connectivity index (χ2n) is 5.92. The minimum atomic E-state index is -0.0771. The van der Waals surface area contributed by atoms with E-state index >= 15 is 0 Å². The molecule has 114 valence electrons. The zero-order valence-corrected chi connectivity index (χ0v) is 13.6. The van der Waals surface area contributed by atoms with Crippen LogP contribution in [0, 0.1) is 0 Å². The van der Waals surface area contributed by atoms with Crippen LogP contribution in [0.15, 0.2) is 60.7 Å². The van der Waals surface area contributed by atoms with Gasteiger partial charge in [-0.2, -0.15) is 0 Å². The highest BCUT2D eigenvalue weighted by Crippen LogP contribution is 2.40. The number of carbonyl (C=O) groups excluding carboxylic acids is 1. The number of rotatable bonds is 5. The molecule has 1 fully saturated rings. The number of Topliss-reactive ketones (excluding diaryl/α,β-unsaturated/α-hetero) is 1. The Hall–Kier alpha value is -1.54. The standard InChI is InChI=1S/C20H22OS/c21-19(16-10-4-1-5-11-16)20(17-12-6-2-7-13-17)22-18-14-8-3-9-15-18/h1-2,4-7,10-13,18,20H,3,8-9,14-15H2/t20-/m0/s1. The zero-order valence-electron chi connectivity index (χ0n) is 12.8. The first-order valence-electron chi connectivity index (χ1n) is 8.14. The average Bonchev–Trinajstić information content (AvgIpc) is 2.61. The van der Waals surface area contributed by atoms with E-state index in [1.807, 2.05) is 60.3 Å². The highest BCUT2D eigenvalue weighted by molar-refractivity contribution is 8.00. The van der Waals surface area contributed by atoms with Crippen molar-refractivity contribution < 1.29 is 4.79 Å². The molecule has 0 heterocycles. The predicted octanol–water partition coefficient (Wildman–Crippen LogP) is 5.68. The molecule has 22 heavy (non-hydrogen) atoms. The lowest BCUT2D eigenvalue weighted by Gasteiger charge is -2.26. The first kappa shape index (κ1) is 15.4. The molecule has 2 aromatic rings. The summed E-state index contributed by atoms with van der Waals surface area (Å²) in [5.74, 6) is 0.238. The van der Waals surface area contributed by atoms with Crippen LogP contribution in [0.5, 0.6) is 0 Å². The Kier molecular flexibility index (Phi) is 5.33. The Morgan fingerprint density at radius 1 is 0.864 bits per heavy atom. The highest BCUT2D eigenvalue weighted by atomic mass is 32.2. The van der Waals surface area contributed by atoms with Crippen molar-refractivity contribution >= 4 is 17.5 Å². The molecule has 0 N–H and O–H groups in total. The van der Waals surface area contributed by atoms with Gasteiger partial charge in [0.2, 0.25) is 0 Å². The summed E-state index contributed by atoms with van der Waals surface area (Å²) < 4.78 is 0. The van der Waals surface area contributed by atoms with Crippen molar-refractivity contribution in [2.24, 2.45) is 0 Å². The van der Waals surface area contributed by atoms with Gasteiger partial charge in [0.1, 0.15) is 0 Å². The van der Waals surface area contributed by atoms with Gasteiger partial charge in [-0.25, -0.2) is 0 Å². The van der Waals surface area contributed by atoms with E-state index in [9.17, 15) is 4.79 Å². The molecule has 1 nitrogen and oxygen atoms in total. The molecule has 0 spiro atoms. The molecule has 1 aliphatic carbocycles. The SMILES string of the molecule is O=C(c1ccccc1)[C@@H](SC1CCCCC1)c1ccccc1. The third-order valence-corrected chi connectivity index (χ3v) is 5.89. The lowest BCUT2D eigenvalue weighted by Crippen LogP contribution is -2.16. The molecule has 2 aromatic carbocycles. The van der Waals surface area contributed by atoms with E-state index in [1.54, 1.807) is 0 Å². The quantitative estimate of drug-likeness (QED) is 0.661. The molecule has 0 aromatic heterocycles. The Balaban J connectivity index is 1.84.